The fraction of sp³-hybridized carbons (Fsp3) is 0.929. The van der Waals surface area contributed by atoms with Crippen LogP contribution in [0.2, 0.25) is 18.1 Å². The highest BCUT2D eigenvalue weighted by Crippen LogP contribution is 2.37. The van der Waals surface area contributed by atoms with Gasteiger partial charge in [0.1, 0.15) is 0 Å². The van der Waals surface area contributed by atoms with E-state index in [0.29, 0.717) is 12.6 Å². The third-order valence-electron chi connectivity index (χ3n) is 3.77. The third kappa shape index (κ3) is 7.87. The number of rotatable bonds is 8. The van der Waals surface area contributed by atoms with E-state index in [-0.39, 0.29) is 11.1 Å². The van der Waals surface area contributed by atoms with Gasteiger partial charge in [-0.05, 0) is 31.1 Å². The molecule has 0 aromatic rings. The number of hydrogen-bond donors (Lipinski definition) is 3. The lowest BCUT2D eigenvalue weighted by Gasteiger charge is -2.39. The topological polar surface area (TPSA) is 70.6 Å². The molecule has 0 aliphatic carbocycles. The van der Waals surface area contributed by atoms with Crippen LogP contribution >= 0.6 is 0 Å². The molecule has 20 heavy (non-hydrogen) atoms. The number of nitrogens with one attached hydrogen (secondary N) is 2. The Morgan fingerprint density at radius 3 is 2.25 bits per heavy atom. The summed E-state index contributed by atoms with van der Waals surface area (Å²) >= 11 is 0. The molecule has 5 nitrogen and oxygen atoms in total. The first-order valence-electron chi connectivity index (χ1n) is 7.33. The number of carbonyl (C=O) groups is 1. The van der Waals surface area contributed by atoms with E-state index in [1.54, 1.807) is 0 Å². The van der Waals surface area contributed by atoms with E-state index in [0.717, 1.165) is 13.0 Å². The second-order valence-electron chi connectivity index (χ2n) is 7.08. The van der Waals surface area contributed by atoms with E-state index in [1.165, 1.54) is 0 Å². The Labute approximate surface area is 124 Å². The second kappa shape index (κ2) is 8.00. The van der Waals surface area contributed by atoms with Gasteiger partial charge in [0.25, 0.3) is 0 Å². The highest BCUT2D eigenvalue weighted by molar-refractivity contribution is 6.74. The summed E-state index contributed by atoms with van der Waals surface area (Å²) in [5.41, 5.74) is 0. The molecule has 6 heteroatoms. The summed E-state index contributed by atoms with van der Waals surface area (Å²) in [4.78, 5) is 10.7. The van der Waals surface area contributed by atoms with E-state index in [2.05, 4.69) is 58.3 Å². The van der Waals surface area contributed by atoms with Crippen LogP contribution in [0, 0.1) is 0 Å². The predicted octanol–water partition coefficient (Wildman–Crippen LogP) is 3.03. The van der Waals surface area contributed by atoms with Crippen molar-refractivity contribution in [3.63, 3.8) is 0 Å². The molecule has 0 bridgehead atoms. The molecule has 0 aromatic heterocycles. The van der Waals surface area contributed by atoms with E-state index in [4.69, 9.17) is 9.53 Å². The zero-order valence-electron chi connectivity index (χ0n) is 14.0. The molecule has 0 aliphatic rings. The van der Waals surface area contributed by atoms with Gasteiger partial charge in [-0.1, -0.05) is 34.6 Å². The number of carboxylic acid groups (broad SMARTS) is 1. The van der Waals surface area contributed by atoms with Crippen LogP contribution in [-0.4, -0.2) is 44.8 Å². The van der Waals surface area contributed by atoms with Crippen molar-refractivity contribution in [1.82, 2.24) is 10.6 Å². The van der Waals surface area contributed by atoms with Crippen molar-refractivity contribution in [2.24, 2.45) is 0 Å². The molecule has 120 valence electrons. The van der Waals surface area contributed by atoms with Crippen molar-refractivity contribution < 1.29 is 14.3 Å². The zero-order chi connectivity index (χ0) is 16.0. The maximum absolute atomic E-state index is 10.7. The first-order chi connectivity index (χ1) is 8.95. The van der Waals surface area contributed by atoms with Crippen LogP contribution in [0.15, 0.2) is 0 Å². The van der Waals surface area contributed by atoms with Gasteiger partial charge >= 0.3 is 6.09 Å². The summed E-state index contributed by atoms with van der Waals surface area (Å²) in [6.45, 7) is 16.3. The molecule has 0 saturated carbocycles. The van der Waals surface area contributed by atoms with E-state index >= 15 is 0 Å². The molecule has 0 spiro atoms. The summed E-state index contributed by atoms with van der Waals surface area (Å²) in [5.74, 6) is 0. The van der Waals surface area contributed by atoms with Crippen molar-refractivity contribution in [1.29, 1.82) is 0 Å². The van der Waals surface area contributed by atoms with Crippen LogP contribution in [0.4, 0.5) is 4.79 Å². The minimum atomic E-state index is -1.88. The molecule has 0 fully saturated rings. The summed E-state index contributed by atoms with van der Waals surface area (Å²) in [6, 6.07) is 0.427. The molecular weight excluding hydrogens is 272 g/mol. The minimum absolute atomic E-state index is 0.0711. The summed E-state index contributed by atoms with van der Waals surface area (Å²) in [5, 5.41) is 14.7. The van der Waals surface area contributed by atoms with Crippen molar-refractivity contribution >= 4 is 14.4 Å². The molecule has 1 unspecified atom stereocenters. The summed E-state index contributed by atoms with van der Waals surface area (Å²) < 4.78 is 6.31. The van der Waals surface area contributed by atoms with Gasteiger partial charge in [-0.15, -0.1) is 0 Å². The average molecular weight is 305 g/mol. The second-order valence-corrected chi connectivity index (χ2v) is 11.8. The van der Waals surface area contributed by atoms with Crippen LogP contribution in [0.1, 0.15) is 41.0 Å². The summed E-state index contributed by atoms with van der Waals surface area (Å²) in [6.07, 6.45) is -0.255. The molecule has 0 aliphatic heterocycles. The molecule has 3 N–H and O–H groups in total. The first kappa shape index (κ1) is 19.4. The lowest BCUT2D eigenvalue weighted by molar-refractivity contribution is 0.154. The van der Waals surface area contributed by atoms with Gasteiger partial charge in [0, 0.05) is 12.6 Å². The van der Waals surface area contributed by atoms with Crippen molar-refractivity contribution in [2.75, 3.05) is 13.1 Å². The fourth-order valence-electron chi connectivity index (χ4n) is 1.53. The largest absolute Gasteiger partial charge is 0.465 e. The van der Waals surface area contributed by atoms with Gasteiger partial charge in [0.05, 0.1) is 6.10 Å². The Bertz CT molecular complexity index is 301. The van der Waals surface area contributed by atoms with Gasteiger partial charge in [-0.2, -0.15) is 0 Å². The molecule has 0 rings (SSSR count). The minimum Gasteiger partial charge on any atom is -0.465 e. The average Bonchev–Trinajstić information content (AvgIpc) is 2.23. The molecule has 0 heterocycles. The highest BCUT2D eigenvalue weighted by Gasteiger charge is 2.39. The Morgan fingerprint density at radius 2 is 1.85 bits per heavy atom. The SMILES string of the molecule is CC(C)NCCC(CNC(=O)O)O[Si](C)(C)C(C)(C)C. The molecule has 0 saturated heterocycles. The number of amides is 1. The Balaban J connectivity index is 4.55. The van der Waals surface area contributed by atoms with E-state index in [1.807, 2.05) is 0 Å². The lowest BCUT2D eigenvalue weighted by Crippen LogP contribution is -2.47. The van der Waals surface area contributed by atoms with Crippen LogP contribution in [0.25, 0.3) is 0 Å². The van der Waals surface area contributed by atoms with Crippen LogP contribution in [0.5, 0.6) is 0 Å². The quantitative estimate of drug-likeness (QED) is 0.603. The number of hydrogen-bond acceptors (Lipinski definition) is 3. The van der Waals surface area contributed by atoms with Gasteiger partial charge in [-0.3, -0.25) is 0 Å². The van der Waals surface area contributed by atoms with Gasteiger partial charge in [-0.25, -0.2) is 4.79 Å². The maximum atomic E-state index is 10.7. The molecular formula is C14H32N2O3Si. The molecule has 0 aromatic carbocycles. The molecule has 0 radical (unpaired) electrons. The predicted molar refractivity (Wildman–Crippen MR) is 85.9 cm³/mol. The van der Waals surface area contributed by atoms with Crippen LogP contribution in [0.3, 0.4) is 0 Å². The standard InChI is InChI=1S/C14H32N2O3Si/c1-11(2)15-9-8-12(10-16-13(17)18)19-20(6,7)14(3,4)5/h11-12,15-16H,8-10H2,1-7H3,(H,17,18). The van der Waals surface area contributed by atoms with E-state index < -0.39 is 14.4 Å². The zero-order valence-corrected chi connectivity index (χ0v) is 15.0. The smallest absolute Gasteiger partial charge is 0.404 e. The van der Waals surface area contributed by atoms with Crippen LogP contribution < -0.4 is 10.6 Å². The van der Waals surface area contributed by atoms with Crippen molar-refractivity contribution in [3.05, 3.63) is 0 Å². The fourth-order valence-corrected chi connectivity index (χ4v) is 2.92. The monoisotopic (exact) mass is 304 g/mol. The Hall–Kier alpha value is -0.593. The van der Waals surface area contributed by atoms with E-state index in [9.17, 15) is 4.79 Å². The lowest BCUT2D eigenvalue weighted by atomic mass is 10.2. The Morgan fingerprint density at radius 1 is 1.30 bits per heavy atom. The summed E-state index contributed by atoms with van der Waals surface area (Å²) in [7, 11) is -1.88. The van der Waals surface area contributed by atoms with Crippen molar-refractivity contribution in [3.8, 4) is 0 Å². The molecule has 1 amide bonds. The van der Waals surface area contributed by atoms with Crippen LogP contribution in [-0.2, 0) is 4.43 Å². The molecule has 1 atom stereocenters. The highest BCUT2D eigenvalue weighted by atomic mass is 28.4. The van der Waals surface area contributed by atoms with Gasteiger partial charge < -0.3 is 20.2 Å². The maximum Gasteiger partial charge on any atom is 0.404 e. The Kier molecular flexibility index (Phi) is 7.76. The first-order valence-corrected chi connectivity index (χ1v) is 10.2. The normalized spacial score (nSPS) is 14.4. The van der Waals surface area contributed by atoms with Crippen molar-refractivity contribution in [2.45, 2.75) is 71.3 Å². The third-order valence-corrected chi connectivity index (χ3v) is 8.30. The van der Waals surface area contributed by atoms with Gasteiger partial charge in [0.15, 0.2) is 8.32 Å². The van der Waals surface area contributed by atoms with Gasteiger partial charge in [0.2, 0.25) is 0 Å².